The van der Waals surface area contributed by atoms with Crippen LogP contribution in [0.4, 0.5) is 5.69 Å². The zero-order valence-corrected chi connectivity index (χ0v) is 23.8. The smallest absolute Gasteiger partial charge is 0.352 e. The molecular weight excluding hydrogens is 520 g/mol. The van der Waals surface area contributed by atoms with Crippen molar-refractivity contribution in [3.63, 3.8) is 0 Å². The van der Waals surface area contributed by atoms with Crippen LogP contribution in [0.3, 0.4) is 0 Å². The van der Waals surface area contributed by atoms with Gasteiger partial charge in [-0.25, -0.2) is 23.5 Å². The molecule has 42 heavy (non-hydrogen) atoms. The number of fused-ring (bicyclic) bond motifs is 2. The molecule has 2 bridgehead atoms. The predicted octanol–water partition coefficient (Wildman–Crippen LogP) is 6.45. The summed E-state index contributed by atoms with van der Waals surface area (Å²) in [5.74, 6) is 0. The van der Waals surface area contributed by atoms with Crippen LogP contribution in [-0.2, 0) is 6.42 Å². The lowest BCUT2D eigenvalue weighted by molar-refractivity contribution is 0.239. The molecule has 2 aliphatic heterocycles. The summed E-state index contributed by atoms with van der Waals surface area (Å²) in [6.45, 7) is 0. The molecule has 0 amide bonds. The molecule has 3 heterocycles. The highest BCUT2D eigenvalue weighted by Crippen LogP contribution is 2.54. The van der Waals surface area contributed by atoms with Crippen molar-refractivity contribution in [3.8, 4) is 27.9 Å². The topological polar surface area (TPSA) is 52.2 Å². The highest BCUT2D eigenvalue weighted by molar-refractivity contribution is 5.90. The quantitative estimate of drug-likeness (QED) is 0.258. The van der Waals surface area contributed by atoms with Crippen molar-refractivity contribution in [2.75, 3.05) is 19.0 Å². The summed E-state index contributed by atoms with van der Waals surface area (Å²) in [6.07, 6.45) is 8.12. The third-order valence-corrected chi connectivity index (χ3v) is 9.30. The number of benzene rings is 4. The highest BCUT2D eigenvalue weighted by Gasteiger charge is 2.45. The van der Waals surface area contributed by atoms with Gasteiger partial charge in [-0.15, -0.1) is 0 Å². The van der Waals surface area contributed by atoms with E-state index >= 15 is 0 Å². The zero-order valence-electron chi connectivity index (χ0n) is 23.8. The minimum atomic E-state index is -0.272. The minimum absolute atomic E-state index is 0.221. The summed E-state index contributed by atoms with van der Waals surface area (Å²) in [6, 6.07) is 28.4. The molecule has 1 aromatic heterocycles. The van der Waals surface area contributed by atoms with Gasteiger partial charge in [-0.3, -0.25) is 0 Å². The molecule has 0 spiro atoms. The van der Waals surface area contributed by atoms with Crippen LogP contribution in [-0.4, -0.2) is 28.0 Å². The Morgan fingerprint density at radius 2 is 1.24 bits per heavy atom. The molecule has 9 rings (SSSR count). The van der Waals surface area contributed by atoms with Gasteiger partial charge in [0.05, 0.1) is 17.8 Å². The first-order valence-electron chi connectivity index (χ1n) is 14.8. The van der Waals surface area contributed by atoms with Crippen molar-refractivity contribution in [2.24, 2.45) is 0 Å². The molecule has 5 aromatic rings. The average molecular weight is 553 g/mol. The molecule has 4 aromatic carbocycles. The Kier molecular flexibility index (Phi) is 5.54. The maximum absolute atomic E-state index is 14.2. The number of hydrogen-bond acceptors (Lipinski definition) is 3. The molecule has 0 saturated heterocycles. The highest BCUT2D eigenvalue weighted by atomic mass is 16.2. The van der Waals surface area contributed by atoms with Gasteiger partial charge in [0.25, 0.3) is 0 Å². The van der Waals surface area contributed by atoms with E-state index < -0.39 is 0 Å². The van der Waals surface area contributed by atoms with Crippen LogP contribution in [0.1, 0.15) is 53.6 Å². The maximum atomic E-state index is 14.2. The molecule has 4 aliphatic rings. The first-order chi connectivity index (χ1) is 20.5. The van der Waals surface area contributed by atoms with Crippen molar-refractivity contribution in [2.45, 2.75) is 37.8 Å². The summed E-state index contributed by atoms with van der Waals surface area (Å²) in [5.41, 5.74) is 10.9. The Balaban J connectivity index is 1.46. The molecule has 208 valence electrons. The summed E-state index contributed by atoms with van der Waals surface area (Å²) in [4.78, 5) is 30.5. The van der Waals surface area contributed by atoms with E-state index in [4.69, 9.17) is 0 Å². The number of aromatic nitrogens is 3. The summed E-state index contributed by atoms with van der Waals surface area (Å²) in [5, 5.41) is 0. The number of anilines is 1. The number of rotatable bonds is 4. The van der Waals surface area contributed by atoms with Gasteiger partial charge in [0.15, 0.2) is 0 Å². The van der Waals surface area contributed by atoms with Gasteiger partial charge in [0.2, 0.25) is 0 Å². The molecule has 2 atom stereocenters. The van der Waals surface area contributed by atoms with Crippen LogP contribution in [0.2, 0.25) is 0 Å². The number of nitrogens with zero attached hydrogens (tertiary/aromatic N) is 4. The van der Waals surface area contributed by atoms with Crippen LogP contribution in [0, 0.1) is 0 Å². The fourth-order valence-corrected chi connectivity index (χ4v) is 7.53. The van der Waals surface area contributed by atoms with Gasteiger partial charge < -0.3 is 4.90 Å². The third-order valence-electron chi connectivity index (χ3n) is 9.30. The fourth-order valence-electron chi connectivity index (χ4n) is 7.53. The second kappa shape index (κ2) is 9.35. The number of allylic oxidation sites excluding steroid dienone is 1. The van der Waals surface area contributed by atoms with Crippen LogP contribution in [0.5, 0.6) is 0 Å². The van der Waals surface area contributed by atoms with E-state index in [1.54, 1.807) is 9.36 Å². The Morgan fingerprint density at radius 1 is 0.690 bits per heavy atom. The molecular formula is C36H32N4O2. The van der Waals surface area contributed by atoms with E-state index in [1.807, 2.05) is 49.3 Å². The Labute approximate surface area is 244 Å². The molecule has 6 nitrogen and oxygen atoms in total. The SMILES string of the molecule is CN(C)c1ccc(-n2c(=O)n3n(c2=O)C2CCC3c3c(-c4ccccc4)c4c(c(-c5ccccc5)c32)CCC=C4)cc1. The van der Waals surface area contributed by atoms with Crippen LogP contribution in [0.15, 0.2) is 101 Å². The second-order valence-electron chi connectivity index (χ2n) is 11.8. The van der Waals surface area contributed by atoms with Gasteiger partial charge in [-0.2, -0.15) is 0 Å². The van der Waals surface area contributed by atoms with E-state index in [0.717, 1.165) is 36.9 Å². The van der Waals surface area contributed by atoms with Crippen molar-refractivity contribution in [1.82, 2.24) is 13.9 Å². The normalized spacial score (nSPS) is 18.0. The van der Waals surface area contributed by atoms with E-state index in [2.05, 4.69) is 66.7 Å². The molecule has 6 heteroatoms. The van der Waals surface area contributed by atoms with E-state index in [9.17, 15) is 9.59 Å². The zero-order chi connectivity index (χ0) is 28.5. The molecule has 2 unspecified atom stereocenters. The van der Waals surface area contributed by atoms with Gasteiger partial charge in [0.1, 0.15) is 0 Å². The van der Waals surface area contributed by atoms with Gasteiger partial charge in [-0.05, 0) is 94.5 Å². The van der Waals surface area contributed by atoms with E-state index in [-0.39, 0.29) is 23.5 Å². The largest absolute Gasteiger partial charge is 0.378 e. The second-order valence-corrected chi connectivity index (χ2v) is 11.8. The van der Waals surface area contributed by atoms with Crippen LogP contribution >= 0.6 is 0 Å². The summed E-state index contributed by atoms with van der Waals surface area (Å²) < 4.78 is 4.89. The Hall–Kier alpha value is -4.84. The maximum Gasteiger partial charge on any atom is 0.352 e. The summed E-state index contributed by atoms with van der Waals surface area (Å²) in [7, 11) is 3.96. The standard InChI is InChI=1S/C36H32N4O2/c1-37(2)25-17-19-26(20-18-25)38-35(41)39-29-21-22-30(40(39)36(38)42)34-32(24-13-7-4-8-14-24)28-16-10-9-15-27(28)31(33(29)34)23-11-5-3-6-12-23/h3-9,11-15,17-20,29-30H,10,16,21-22H2,1-2H3. The molecule has 0 N–H and O–H groups in total. The summed E-state index contributed by atoms with van der Waals surface area (Å²) >= 11 is 0. The fraction of sp³-hybridized carbons (Fsp3) is 0.222. The first-order valence-corrected chi connectivity index (χ1v) is 14.8. The predicted molar refractivity (Wildman–Crippen MR) is 169 cm³/mol. The van der Waals surface area contributed by atoms with Gasteiger partial charge in [-0.1, -0.05) is 72.8 Å². The van der Waals surface area contributed by atoms with Crippen molar-refractivity contribution >= 4 is 11.8 Å². The van der Waals surface area contributed by atoms with E-state index in [0.29, 0.717) is 5.69 Å². The lowest BCUT2D eigenvalue weighted by Crippen LogP contribution is -2.44. The van der Waals surface area contributed by atoms with Gasteiger partial charge >= 0.3 is 11.4 Å². The molecule has 0 saturated carbocycles. The van der Waals surface area contributed by atoms with Crippen LogP contribution in [0.25, 0.3) is 34.0 Å². The number of hydrogen-bond donors (Lipinski definition) is 0. The van der Waals surface area contributed by atoms with Gasteiger partial charge in [0, 0.05) is 19.8 Å². The Morgan fingerprint density at radius 3 is 1.81 bits per heavy atom. The average Bonchev–Trinajstić information content (AvgIpc) is 3.31. The Bertz CT molecular complexity index is 1990. The van der Waals surface area contributed by atoms with Crippen molar-refractivity contribution < 1.29 is 0 Å². The van der Waals surface area contributed by atoms with Crippen LogP contribution < -0.4 is 16.3 Å². The van der Waals surface area contributed by atoms with Crippen molar-refractivity contribution in [3.05, 3.63) is 134 Å². The van der Waals surface area contributed by atoms with E-state index in [1.165, 1.54) is 43.5 Å². The molecule has 2 aliphatic carbocycles. The van der Waals surface area contributed by atoms with Crippen molar-refractivity contribution in [1.29, 1.82) is 0 Å². The first kappa shape index (κ1) is 24.9. The monoisotopic (exact) mass is 552 g/mol. The minimum Gasteiger partial charge on any atom is -0.378 e. The molecule has 0 radical (unpaired) electrons. The lowest BCUT2D eigenvalue weighted by Gasteiger charge is -2.44. The third kappa shape index (κ3) is 3.44. The molecule has 0 fully saturated rings. The lowest BCUT2D eigenvalue weighted by atomic mass is 9.70.